The number of aliphatic imine (C=N–C) groups is 1. The Kier molecular flexibility index (Phi) is 8.78. The van der Waals surface area contributed by atoms with E-state index in [9.17, 15) is 26.4 Å². The normalized spacial score (nSPS) is 16.8. The van der Waals surface area contributed by atoms with Gasteiger partial charge in [0.1, 0.15) is 0 Å². The van der Waals surface area contributed by atoms with Gasteiger partial charge in [0, 0.05) is 24.4 Å². The summed E-state index contributed by atoms with van der Waals surface area (Å²) in [6, 6.07) is 19.4. The smallest absolute Gasteiger partial charge is 0.369 e. The Labute approximate surface area is 239 Å². The van der Waals surface area contributed by atoms with Crippen LogP contribution in [-0.2, 0) is 21.0 Å². The van der Waals surface area contributed by atoms with Crippen molar-refractivity contribution < 1.29 is 26.4 Å². The van der Waals surface area contributed by atoms with Crippen LogP contribution in [0.5, 0.6) is 0 Å². The number of benzene rings is 3. The number of guanidine groups is 2. The molecule has 0 aliphatic carbocycles. The van der Waals surface area contributed by atoms with E-state index in [1.165, 1.54) is 11.9 Å². The molecule has 3 aromatic carbocycles. The molecule has 1 aliphatic heterocycles. The maximum absolute atomic E-state index is 13.2. The number of carbonyl (C=O) groups is 1. The predicted molar refractivity (Wildman–Crippen MR) is 150 cm³/mol. The number of nitrogens with zero attached hydrogens (tertiary/aromatic N) is 4. The molecule has 214 valence electrons. The third kappa shape index (κ3) is 7.50. The number of alkyl halides is 3. The molecule has 3 aromatic rings. The monoisotopic (exact) mass is 604 g/mol. The van der Waals surface area contributed by atoms with Crippen molar-refractivity contribution in [3.63, 3.8) is 0 Å². The topological polar surface area (TPSA) is 130 Å². The standard InChI is InChI=1S/C27H24ClF3N6O3S/c1-17(38)33-25(32)34-26(36-41(39,40)22-13-9-20(10-14-22)27(29,30)31)37-16-15-23(18-5-3-2-4-6-18)24(35-37)19-7-11-21(28)12-8-19/h2-14,23H,15-16H2,1H3,(H3,32,33,34,36,38). The van der Waals surface area contributed by atoms with Crippen molar-refractivity contribution in [1.82, 2.24) is 10.3 Å². The van der Waals surface area contributed by atoms with Crippen LogP contribution in [0.1, 0.15) is 36.0 Å². The third-order valence-corrected chi connectivity index (χ3v) is 7.49. The third-order valence-electron chi connectivity index (χ3n) is 5.97. The Morgan fingerprint density at radius 1 is 1.05 bits per heavy atom. The van der Waals surface area contributed by atoms with Crippen LogP contribution in [0, 0.1) is 0 Å². The first-order valence-electron chi connectivity index (χ1n) is 12.1. The van der Waals surface area contributed by atoms with Gasteiger partial charge in [0.25, 0.3) is 16.0 Å². The van der Waals surface area contributed by atoms with Gasteiger partial charge in [-0.2, -0.15) is 31.7 Å². The molecule has 9 nitrogen and oxygen atoms in total. The van der Waals surface area contributed by atoms with Crippen LogP contribution >= 0.6 is 11.6 Å². The van der Waals surface area contributed by atoms with Gasteiger partial charge in [-0.1, -0.05) is 54.1 Å². The number of nitrogens with two attached hydrogens (primary N) is 1. The molecule has 4 rings (SSSR count). The van der Waals surface area contributed by atoms with E-state index in [0.29, 0.717) is 34.9 Å². The summed E-state index contributed by atoms with van der Waals surface area (Å²) in [6.07, 6.45) is -4.19. The number of rotatable bonds is 4. The minimum atomic E-state index is -4.65. The maximum Gasteiger partial charge on any atom is 0.416 e. The summed E-state index contributed by atoms with van der Waals surface area (Å²) < 4.78 is 69.1. The lowest BCUT2D eigenvalue weighted by atomic mass is 9.86. The molecule has 0 radical (unpaired) electrons. The van der Waals surface area contributed by atoms with Crippen LogP contribution in [0.3, 0.4) is 0 Å². The molecule has 3 N–H and O–H groups in total. The summed E-state index contributed by atoms with van der Waals surface area (Å²) in [5.41, 5.74) is 7.03. The molecule has 1 aliphatic rings. The van der Waals surface area contributed by atoms with E-state index in [2.05, 4.69) is 19.8 Å². The van der Waals surface area contributed by atoms with Gasteiger partial charge >= 0.3 is 6.18 Å². The quantitative estimate of drug-likeness (QED) is 0.328. The highest BCUT2D eigenvalue weighted by Crippen LogP contribution is 2.32. The van der Waals surface area contributed by atoms with Crippen molar-refractivity contribution >= 4 is 45.2 Å². The fourth-order valence-corrected chi connectivity index (χ4v) is 5.15. The molecule has 0 bridgehead atoms. The second-order valence-corrected chi connectivity index (χ2v) is 11.0. The molecule has 1 heterocycles. The van der Waals surface area contributed by atoms with Gasteiger partial charge in [-0.15, -0.1) is 4.40 Å². The van der Waals surface area contributed by atoms with Crippen LogP contribution in [-0.4, -0.2) is 43.5 Å². The fraction of sp³-hybridized carbons (Fsp3) is 0.185. The summed E-state index contributed by atoms with van der Waals surface area (Å²) in [4.78, 5) is 15.0. The molecule has 0 fully saturated rings. The number of hydrazone groups is 1. The van der Waals surface area contributed by atoms with Gasteiger partial charge in [0.05, 0.1) is 16.2 Å². The Morgan fingerprint density at radius 3 is 2.27 bits per heavy atom. The Hall–Kier alpha value is -4.23. The fourth-order valence-electron chi connectivity index (χ4n) is 4.09. The zero-order valence-electron chi connectivity index (χ0n) is 21.5. The number of hydrogen-bond donors (Lipinski definition) is 2. The van der Waals surface area contributed by atoms with E-state index in [1.807, 2.05) is 30.3 Å². The largest absolute Gasteiger partial charge is 0.416 e. The number of halogens is 4. The van der Waals surface area contributed by atoms with Gasteiger partial charge in [-0.3, -0.25) is 10.1 Å². The first-order chi connectivity index (χ1) is 19.3. The van der Waals surface area contributed by atoms with E-state index < -0.39 is 44.5 Å². The highest BCUT2D eigenvalue weighted by molar-refractivity contribution is 7.90. The van der Waals surface area contributed by atoms with Crippen LogP contribution in [0.15, 0.2) is 98.2 Å². The Bertz CT molecular complexity index is 1610. The molecule has 0 saturated heterocycles. The zero-order valence-corrected chi connectivity index (χ0v) is 23.1. The molecule has 14 heteroatoms. The average Bonchev–Trinajstić information content (AvgIpc) is 2.92. The first-order valence-corrected chi connectivity index (χ1v) is 14.0. The van der Waals surface area contributed by atoms with Gasteiger partial charge < -0.3 is 5.73 Å². The van der Waals surface area contributed by atoms with Crippen LogP contribution in [0.4, 0.5) is 13.2 Å². The SMILES string of the molecule is CC(=O)N/C(N)=N/C(=N/S(=O)(=O)c1ccc(C(F)(F)F)cc1)N1CCC(c2ccccc2)C(c2ccc(Cl)cc2)=N1. The highest BCUT2D eigenvalue weighted by Gasteiger charge is 2.32. The van der Waals surface area contributed by atoms with Crippen LogP contribution in [0.25, 0.3) is 0 Å². The van der Waals surface area contributed by atoms with Crippen molar-refractivity contribution in [2.45, 2.75) is 30.3 Å². The number of amides is 1. The lowest BCUT2D eigenvalue weighted by Crippen LogP contribution is -2.40. The summed E-state index contributed by atoms with van der Waals surface area (Å²) >= 11 is 6.08. The van der Waals surface area contributed by atoms with Crippen molar-refractivity contribution in [2.75, 3.05) is 6.54 Å². The minimum Gasteiger partial charge on any atom is -0.369 e. The summed E-state index contributed by atoms with van der Waals surface area (Å²) in [5.74, 6) is -1.69. The summed E-state index contributed by atoms with van der Waals surface area (Å²) in [7, 11) is -4.58. The second-order valence-electron chi connectivity index (χ2n) is 8.93. The lowest BCUT2D eigenvalue weighted by molar-refractivity contribution is -0.137. The molecule has 41 heavy (non-hydrogen) atoms. The molecule has 1 unspecified atom stereocenters. The lowest BCUT2D eigenvalue weighted by Gasteiger charge is -2.30. The van der Waals surface area contributed by atoms with E-state index in [0.717, 1.165) is 17.7 Å². The van der Waals surface area contributed by atoms with Crippen LogP contribution < -0.4 is 11.1 Å². The Balaban J connectivity index is 1.82. The Morgan fingerprint density at radius 2 is 1.68 bits per heavy atom. The number of carbonyl (C=O) groups excluding carboxylic acids is 1. The van der Waals surface area contributed by atoms with E-state index in [1.54, 1.807) is 24.3 Å². The minimum absolute atomic E-state index is 0.148. The molecule has 1 atom stereocenters. The van der Waals surface area contributed by atoms with Crippen LogP contribution in [0.2, 0.25) is 5.02 Å². The second kappa shape index (κ2) is 12.1. The molecule has 0 saturated carbocycles. The maximum atomic E-state index is 13.2. The molecular weight excluding hydrogens is 581 g/mol. The van der Waals surface area contributed by atoms with E-state index in [4.69, 9.17) is 17.3 Å². The van der Waals surface area contributed by atoms with Crippen molar-refractivity contribution in [1.29, 1.82) is 0 Å². The number of hydrogen-bond acceptors (Lipinski definition) is 4. The molecular formula is C27H24ClF3N6O3S. The summed E-state index contributed by atoms with van der Waals surface area (Å²) in [6.45, 7) is 1.33. The summed E-state index contributed by atoms with van der Waals surface area (Å²) in [5, 5.41) is 8.66. The molecule has 1 amide bonds. The van der Waals surface area contributed by atoms with Crippen molar-refractivity contribution in [2.24, 2.45) is 20.2 Å². The van der Waals surface area contributed by atoms with Gasteiger partial charge in [-0.25, -0.2) is 5.01 Å². The zero-order chi connectivity index (χ0) is 29.8. The molecule has 0 spiro atoms. The average molecular weight is 605 g/mol. The number of sulfonamides is 1. The van der Waals surface area contributed by atoms with E-state index >= 15 is 0 Å². The predicted octanol–water partition coefficient (Wildman–Crippen LogP) is 4.75. The van der Waals surface area contributed by atoms with Gasteiger partial charge in [0.15, 0.2) is 0 Å². The van der Waals surface area contributed by atoms with E-state index in [-0.39, 0.29) is 12.5 Å². The molecule has 0 aromatic heterocycles. The van der Waals surface area contributed by atoms with Gasteiger partial charge in [0.2, 0.25) is 11.9 Å². The number of nitrogens with one attached hydrogen (secondary N) is 1. The first kappa shape index (κ1) is 29.7. The van der Waals surface area contributed by atoms with Gasteiger partial charge in [-0.05, 0) is 53.9 Å². The highest BCUT2D eigenvalue weighted by atomic mass is 35.5. The van der Waals surface area contributed by atoms with Crippen molar-refractivity contribution in [3.8, 4) is 0 Å². The van der Waals surface area contributed by atoms with Crippen molar-refractivity contribution in [3.05, 3.63) is 101 Å².